The fraction of sp³-hybridized carbons (Fsp3) is 0.125. The molecule has 2 rings (SSSR count). The van der Waals surface area contributed by atoms with Crippen molar-refractivity contribution in [2.45, 2.75) is 6.42 Å². The maximum absolute atomic E-state index is 12.2. The first-order valence-corrected chi connectivity index (χ1v) is 7.38. The van der Waals surface area contributed by atoms with Crippen molar-refractivity contribution >= 4 is 40.7 Å². The SMILES string of the molecule is COc1ccc(C(N)=O)cc1NC(=O)Cc1ccc(Cl)c(Cl)c1. The number of primary amides is 1. The van der Waals surface area contributed by atoms with Crippen molar-refractivity contribution in [2.24, 2.45) is 5.73 Å². The van der Waals surface area contributed by atoms with Crippen LogP contribution in [0.25, 0.3) is 0 Å². The van der Waals surface area contributed by atoms with Gasteiger partial charge in [0.25, 0.3) is 0 Å². The number of hydrogen-bond acceptors (Lipinski definition) is 3. The second-order valence-corrected chi connectivity index (χ2v) is 5.57. The average molecular weight is 353 g/mol. The molecule has 0 radical (unpaired) electrons. The first-order chi connectivity index (χ1) is 10.9. The molecule has 0 atom stereocenters. The Kier molecular flexibility index (Phi) is 5.47. The van der Waals surface area contributed by atoms with E-state index in [1.165, 1.54) is 19.2 Å². The molecule has 0 aliphatic rings. The molecular weight excluding hydrogens is 339 g/mol. The van der Waals surface area contributed by atoms with Crippen molar-refractivity contribution in [1.29, 1.82) is 0 Å². The summed E-state index contributed by atoms with van der Waals surface area (Å²) in [5.41, 5.74) is 6.59. The lowest BCUT2D eigenvalue weighted by molar-refractivity contribution is -0.115. The number of amides is 2. The van der Waals surface area contributed by atoms with Gasteiger partial charge in [-0.1, -0.05) is 29.3 Å². The number of hydrogen-bond donors (Lipinski definition) is 2. The summed E-state index contributed by atoms with van der Waals surface area (Å²) in [7, 11) is 1.47. The number of ether oxygens (including phenoxy) is 1. The minimum Gasteiger partial charge on any atom is -0.495 e. The summed E-state index contributed by atoms with van der Waals surface area (Å²) in [4.78, 5) is 23.4. The quantitative estimate of drug-likeness (QED) is 0.866. The van der Waals surface area contributed by atoms with E-state index in [0.717, 1.165) is 0 Å². The van der Waals surface area contributed by atoms with E-state index < -0.39 is 5.91 Å². The molecule has 5 nitrogen and oxygen atoms in total. The van der Waals surface area contributed by atoms with Gasteiger partial charge in [-0.3, -0.25) is 9.59 Å². The monoisotopic (exact) mass is 352 g/mol. The fourth-order valence-corrected chi connectivity index (χ4v) is 2.31. The molecule has 2 amide bonds. The molecule has 0 heterocycles. The highest BCUT2D eigenvalue weighted by Gasteiger charge is 2.12. The van der Waals surface area contributed by atoms with Crippen molar-refractivity contribution in [3.05, 3.63) is 57.6 Å². The van der Waals surface area contributed by atoms with E-state index in [1.807, 2.05) is 0 Å². The van der Waals surface area contributed by atoms with E-state index >= 15 is 0 Å². The van der Waals surface area contributed by atoms with Crippen molar-refractivity contribution in [2.75, 3.05) is 12.4 Å². The van der Waals surface area contributed by atoms with E-state index in [-0.39, 0.29) is 17.9 Å². The topological polar surface area (TPSA) is 81.4 Å². The lowest BCUT2D eigenvalue weighted by Crippen LogP contribution is -2.16. The predicted molar refractivity (Wildman–Crippen MR) is 90.3 cm³/mol. The van der Waals surface area contributed by atoms with E-state index in [0.29, 0.717) is 27.0 Å². The molecule has 0 fully saturated rings. The lowest BCUT2D eigenvalue weighted by atomic mass is 10.1. The van der Waals surface area contributed by atoms with E-state index in [9.17, 15) is 9.59 Å². The molecule has 0 bridgehead atoms. The van der Waals surface area contributed by atoms with Crippen LogP contribution in [0.3, 0.4) is 0 Å². The van der Waals surface area contributed by atoms with Crippen LogP contribution in [0.2, 0.25) is 10.0 Å². The van der Waals surface area contributed by atoms with Gasteiger partial charge < -0.3 is 15.8 Å². The number of carbonyl (C=O) groups excluding carboxylic acids is 2. The van der Waals surface area contributed by atoms with E-state index in [4.69, 9.17) is 33.7 Å². The van der Waals surface area contributed by atoms with Crippen LogP contribution in [0, 0.1) is 0 Å². The number of nitrogens with two attached hydrogens (primary N) is 1. The van der Waals surface area contributed by atoms with Gasteiger partial charge in [-0.05, 0) is 35.9 Å². The van der Waals surface area contributed by atoms with Gasteiger partial charge in [0.05, 0.1) is 29.3 Å². The molecule has 3 N–H and O–H groups in total. The van der Waals surface area contributed by atoms with Crippen molar-refractivity contribution in [3.8, 4) is 5.75 Å². The van der Waals surface area contributed by atoms with E-state index in [1.54, 1.807) is 24.3 Å². The smallest absolute Gasteiger partial charge is 0.248 e. The van der Waals surface area contributed by atoms with Crippen LogP contribution in [0.4, 0.5) is 5.69 Å². The summed E-state index contributed by atoms with van der Waals surface area (Å²) in [5, 5.41) is 3.49. The van der Waals surface area contributed by atoms with Gasteiger partial charge in [-0.25, -0.2) is 0 Å². The van der Waals surface area contributed by atoms with Crippen LogP contribution >= 0.6 is 23.2 Å². The number of halogens is 2. The van der Waals surface area contributed by atoms with Crippen LogP contribution in [0.5, 0.6) is 5.75 Å². The Morgan fingerprint density at radius 2 is 1.87 bits per heavy atom. The number of methoxy groups -OCH3 is 1. The Morgan fingerprint density at radius 3 is 2.48 bits per heavy atom. The number of anilines is 1. The number of nitrogens with one attached hydrogen (secondary N) is 1. The van der Waals surface area contributed by atoms with Crippen LogP contribution < -0.4 is 15.8 Å². The highest BCUT2D eigenvalue weighted by molar-refractivity contribution is 6.42. The van der Waals surface area contributed by atoms with Gasteiger partial charge in [0.2, 0.25) is 11.8 Å². The standard InChI is InChI=1S/C16H14Cl2N2O3/c1-23-14-5-3-10(16(19)22)8-13(14)20-15(21)7-9-2-4-11(17)12(18)6-9/h2-6,8H,7H2,1H3,(H2,19,22)(H,20,21). The first-order valence-electron chi connectivity index (χ1n) is 6.62. The first kappa shape index (κ1) is 17.1. The van der Waals surface area contributed by atoms with Gasteiger partial charge in [0, 0.05) is 5.56 Å². The minimum absolute atomic E-state index is 0.0981. The van der Waals surface area contributed by atoms with Crippen molar-refractivity contribution in [1.82, 2.24) is 0 Å². The van der Waals surface area contributed by atoms with Crippen molar-refractivity contribution < 1.29 is 14.3 Å². The number of rotatable bonds is 5. The van der Waals surface area contributed by atoms with E-state index in [2.05, 4.69) is 5.32 Å². The average Bonchev–Trinajstić information content (AvgIpc) is 2.50. The third kappa shape index (κ3) is 4.37. The molecule has 23 heavy (non-hydrogen) atoms. The van der Waals surface area contributed by atoms with Gasteiger partial charge in [0.1, 0.15) is 5.75 Å². The summed E-state index contributed by atoms with van der Waals surface area (Å²) < 4.78 is 5.16. The zero-order valence-electron chi connectivity index (χ0n) is 12.2. The van der Waals surface area contributed by atoms with Crippen LogP contribution in [0.1, 0.15) is 15.9 Å². The molecule has 0 aliphatic carbocycles. The Bertz CT molecular complexity index is 763. The number of benzene rings is 2. The highest BCUT2D eigenvalue weighted by Crippen LogP contribution is 2.26. The van der Waals surface area contributed by atoms with Gasteiger partial charge in [-0.15, -0.1) is 0 Å². The molecule has 0 aromatic heterocycles. The van der Waals surface area contributed by atoms with Gasteiger partial charge in [0.15, 0.2) is 0 Å². The molecule has 0 aliphatic heterocycles. The van der Waals surface area contributed by atoms with Crippen LogP contribution in [-0.4, -0.2) is 18.9 Å². The molecule has 7 heteroatoms. The second kappa shape index (κ2) is 7.35. The van der Waals surface area contributed by atoms with Gasteiger partial charge in [-0.2, -0.15) is 0 Å². The Hall–Kier alpha value is -2.24. The van der Waals surface area contributed by atoms with Crippen molar-refractivity contribution in [3.63, 3.8) is 0 Å². The molecule has 0 unspecified atom stereocenters. The van der Waals surface area contributed by atoms with Crippen LogP contribution in [0.15, 0.2) is 36.4 Å². The summed E-state index contributed by atoms with van der Waals surface area (Å²) in [5.74, 6) is -0.451. The molecule has 0 saturated heterocycles. The lowest BCUT2D eigenvalue weighted by Gasteiger charge is -2.11. The molecule has 2 aromatic carbocycles. The zero-order chi connectivity index (χ0) is 17.0. The largest absolute Gasteiger partial charge is 0.495 e. The third-order valence-electron chi connectivity index (χ3n) is 3.11. The second-order valence-electron chi connectivity index (χ2n) is 4.75. The molecule has 0 saturated carbocycles. The maximum Gasteiger partial charge on any atom is 0.248 e. The Labute approximate surface area is 143 Å². The molecule has 0 spiro atoms. The summed E-state index contributed by atoms with van der Waals surface area (Å²) in [6.07, 6.45) is 0.0981. The molecule has 120 valence electrons. The third-order valence-corrected chi connectivity index (χ3v) is 3.85. The van der Waals surface area contributed by atoms with Crippen LogP contribution in [-0.2, 0) is 11.2 Å². The summed E-state index contributed by atoms with van der Waals surface area (Å²) in [6, 6.07) is 9.52. The normalized spacial score (nSPS) is 10.2. The highest BCUT2D eigenvalue weighted by atomic mass is 35.5. The summed E-state index contributed by atoms with van der Waals surface area (Å²) >= 11 is 11.8. The zero-order valence-corrected chi connectivity index (χ0v) is 13.7. The Balaban J connectivity index is 2.17. The van der Waals surface area contributed by atoms with Gasteiger partial charge >= 0.3 is 0 Å². The molecular formula is C16H14Cl2N2O3. The maximum atomic E-state index is 12.2. The molecule has 2 aromatic rings. The fourth-order valence-electron chi connectivity index (χ4n) is 1.99. The minimum atomic E-state index is -0.590. The predicted octanol–water partition coefficient (Wildman–Crippen LogP) is 3.28. The summed E-state index contributed by atoms with van der Waals surface area (Å²) in [6.45, 7) is 0. The Morgan fingerprint density at radius 1 is 1.13 bits per heavy atom. The number of carbonyl (C=O) groups is 2.